The maximum atomic E-state index is 12.3. The maximum Gasteiger partial charge on any atom is 0.305 e. The number of morpholine rings is 1. The molecule has 1 aliphatic heterocycles. The number of methoxy groups -OCH3 is 1. The first-order chi connectivity index (χ1) is 10.6. The third-order valence-electron chi connectivity index (χ3n) is 3.38. The van der Waals surface area contributed by atoms with Crippen LogP contribution >= 0.6 is 0 Å². The molecule has 1 N–H and O–H groups in total. The van der Waals surface area contributed by atoms with E-state index in [-0.39, 0.29) is 25.5 Å². The first-order valence-electron chi connectivity index (χ1n) is 6.96. The molecule has 1 fully saturated rings. The smallest absolute Gasteiger partial charge is 0.305 e. The lowest BCUT2D eigenvalue weighted by Crippen LogP contribution is -2.51. The van der Waals surface area contributed by atoms with Crippen molar-refractivity contribution < 1.29 is 28.9 Å². The van der Waals surface area contributed by atoms with E-state index < -0.39 is 12.0 Å². The van der Waals surface area contributed by atoms with E-state index in [1.54, 1.807) is 24.3 Å². The second-order valence-electron chi connectivity index (χ2n) is 4.85. The number of carbonyl (C=O) groups is 2. The van der Waals surface area contributed by atoms with Crippen molar-refractivity contribution in [3.8, 4) is 11.5 Å². The Balaban J connectivity index is 1.96. The quantitative estimate of drug-likeness (QED) is 0.835. The zero-order chi connectivity index (χ0) is 15.9. The number of carbonyl (C=O) groups excluding carboxylic acids is 1. The summed E-state index contributed by atoms with van der Waals surface area (Å²) in [5.41, 5.74) is 0. The number of nitrogens with zero attached hydrogens (tertiary/aromatic N) is 1. The molecule has 1 unspecified atom stereocenters. The number of ether oxygens (including phenoxy) is 3. The molecule has 1 aromatic rings. The van der Waals surface area contributed by atoms with Gasteiger partial charge >= 0.3 is 5.97 Å². The summed E-state index contributed by atoms with van der Waals surface area (Å²) in [5, 5.41) is 8.90. The minimum Gasteiger partial charge on any atom is -0.493 e. The monoisotopic (exact) mass is 309 g/mol. The second-order valence-corrected chi connectivity index (χ2v) is 4.85. The number of hydrogen-bond acceptors (Lipinski definition) is 5. The van der Waals surface area contributed by atoms with Crippen molar-refractivity contribution in [2.24, 2.45) is 0 Å². The number of benzene rings is 1. The summed E-state index contributed by atoms with van der Waals surface area (Å²) in [6.45, 7) is 0.825. The van der Waals surface area contributed by atoms with Crippen molar-refractivity contribution in [1.82, 2.24) is 4.90 Å². The lowest BCUT2D eigenvalue weighted by molar-refractivity contribution is -0.147. The van der Waals surface area contributed by atoms with Crippen LogP contribution < -0.4 is 9.47 Å². The molecule has 1 aliphatic rings. The highest BCUT2D eigenvalue weighted by molar-refractivity contribution is 5.79. The zero-order valence-corrected chi connectivity index (χ0v) is 12.4. The van der Waals surface area contributed by atoms with Gasteiger partial charge in [-0.3, -0.25) is 9.59 Å². The molecule has 0 saturated carbocycles. The highest BCUT2D eigenvalue weighted by Crippen LogP contribution is 2.25. The van der Waals surface area contributed by atoms with E-state index in [1.165, 1.54) is 12.0 Å². The summed E-state index contributed by atoms with van der Waals surface area (Å²) in [6.07, 6.45) is -0.138. The Labute approximate surface area is 128 Å². The Morgan fingerprint density at radius 3 is 2.77 bits per heavy atom. The third kappa shape index (κ3) is 4.11. The van der Waals surface area contributed by atoms with Gasteiger partial charge in [0.15, 0.2) is 18.1 Å². The van der Waals surface area contributed by atoms with E-state index in [2.05, 4.69) is 0 Å². The average molecular weight is 309 g/mol. The van der Waals surface area contributed by atoms with Gasteiger partial charge in [0.1, 0.15) is 0 Å². The van der Waals surface area contributed by atoms with Gasteiger partial charge < -0.3 is 24.2 Å². The van der Waals surface area contributed by atoms with Crippen LogP contribution in [0.15, 0.2) is 24.3 Å². The van der Waals surface area contributed by atoms with Crippen molar-refractivity contribution in [2.75, 3.05) is 33.5 Å². The van der Waals surface area contributed by atoms with Crippen LogP contribution in [-0.4, -0.2) is 61.4 Å². The lowest BCUT2D eigenvalue weighted by atomic mass is 10.1. The molecular weight excluding hydrogens is 290 g/mol. The van der Waals surface area contributed by atoms with Gasteiger partial charge in [-0.15, -0.1) is 0 Å². The summed E-state index contributed by atoms with van der Waals surface area (Å²) in [6, 6.07) is 6.57. The molecule has 22 heavy (non-hydrogen) atoms. The van der Waals surface area contributed by atoms with E-state index in [0.717, 1.165) is 0 Å². The van der Waals surface area contributed by atoms with Crippen LogP contribution in [0.2, 0.25) is 0 Å². The Morgan fingerprint density at radius 1 is 1.36 bits per heavy atom. The van der Waals surface area contributed by atoms with Gasteiger partial charge in [0.05, 0.1) is 32.8 Å². The van der Waals surface area contributed by atoms with E-state index in [0.29, 0.717) is 24.7 Å². The lowest BCUT2D eigenvalue weighted by Gasteiger charge is -2.34. The van der Waals surface area contributed by atoms with Gasteiger partial charge in [-0.05, 0) is 12.1 Å². The molecule has 0 bridgehead atoms. The molecule has 7 nitrogen and oxygen atoms in total. The molecule has 1 amide bonds. The van der Waals surface area contributed by atoms with Crippen LogP contribution in [0, 0.1) is 0 Å². The van der Waals surface area contributed by atoms with Gasteiger partial charge in [-0.1, -0.05) is 12.1 Å². The summed E-state index contributed by atoms with van der Waals surface area (Å²) < 4.78 is 15.9. The molecule has 2 rings (SSSR count). The summed E-state index contributed by atoms with van der Waals surface area (Å²) in [4.78, 5) is 24.6. The number of para-hydroxylation sites is 2. The van der Waals surface area contributed by atoms with Crippen LogP contribution in [0.3, 0.4) is 0 Å². The fourth-order valence-electron chi connectivity index (χ4n) is 2.31. The largest absolute Gasteiger partial charge is 0.493 e. The zero-order valence-electron chi connectivity index (χ0n) is 12.4. The molecule has 7 heteroatoms. The third-order valence-corrected chi connectivity index (χ3v) is 3.38. The second kappa shape index (κ2) is 7.65. The van der Waals surface area contributed by atoms with Gasteiger partial charge in [-0.25, -0.2) is 0 Å². The van der Waals surface area contributed by atoms with Crippen molar-refractivity contribution in [3.63, 3.8) is 0 Å². The topological polar surface area (TPSA) is 85.3 Å². The Bertz CT molecular complexity index is 533. The molecule has 0 aliphatic carbocycles. The minimum absolute atomic E-state index is 0.138. The fourth-order valence-corrected chi connectivity index (χ4v) is 2.31. The predicted octanol–water partition coefficient (Wildman–Crippen LogP) is 0.776. The van der Waals surface area contributed by atoms with Crippen LogP contribution in [0.25, 0.3) is 0 Å². The number of carboxylic acid groups (broad SMARTS) is 1. The maximum absolute atomic E-state index is 12.3. The van der Waals surface area contributed by atoms with Crippen molar-refractivity contribution in [3.05, 3.63) is 24.3 Å². The Kier molecular flexibility index (Phi) is 5.60. The highest BCUT2D eigenvalue weighted by Gasteiger charge is 2.29. The van der Waals surface area contributed by atoms with Crippen LogP contribution in [0.5, 0.6) is 11.5 Å². The van der Waals surface area contributed by atoms with Gasteiger partial charge in [0.25, 0.3) is 5.91 Å². The summed E-state index contributed by atoms with van der Waals surface area (Å²) in [7, 11) is 1.52. The van der Waals surface area contributed by atoms with Gasteiger partial charge in [0, 0.05) is 6.54 Å². The highest BCUT2D eigenvalue weighted by atomic mass is 16.5. The molecule has 0 radical (unpaired) electrons. The molecular formula is C15H19NO6. The van der Waals surface area contributed by atoms with Crippen LogP contribution in [0.4, 0.5) is 0 Å². The number of aliphatic carboxylic acids is 1. The van der Waals surface area contributed by atoms with Crippen LogP contribution in [-0.2, 0) is 14.3 Å². The molecule has 0 aromatic heterocycles. The Hall–Kier alpha value is -2.28. The predicted molar refractivity (Wildman–Crippen MR) is 77.1 cm³/mol. The molecule has 120 valence electrons. The normalized spacial score (nSPS) is 17.9. The summed E-state index contributed by atoms with van der Waals surface area (Å²) in [5.74, 6) is -0.208. The van der Waals surface area contributed by atoms with Crippen molar-refractivity contribution >= 4 is 11.9 Å². The van der Waals surface area contributed by atoms with E-state index in [4.69, 9.17) is 19.3 Å². The molecule has 1 saturated heterocycles. The van der Waals surface area contributed by atoms with Crippen molar-refractivity contribution in [1.29, 1.82) is 0 Å². The van der Waals surface area contributed by atoms with Crippen LogP contribution in [0.1, 0.15) is 6.42 Å². The minimum atomic E-state index is -0.959. The number of amides is 1. The number of rotatable bonds is 6. The first kappa shape index (κ1) is 16.1. The van der Waals surface area contributed by atoms with Gasteiger partial charge in [0.2, 0.25) is 0 Å². The summed E-state index contributed by atoms with van der Waals surface area (Å²) >= 11 is 0. The molecule has 1 heterocycles. The van der Waals surface area contributed by atoms with Gasteiger partial charge in [-0.2, -0.15) is 0 Å². The van der Waals surface area contributed by atoms with E-state index in [1.807, 2.05) is 0 Å². The standard InChI is InChI=1S/C15H19NO6/c1-20-12-4-2-3-5-13(12)22-10-14(17)16-6-7-21-9-11(16)8-15(18)19/h2-5,11H,6-10H2,1H3,(H,18,19). The first-order valence-corrected chi connectivity index (χ1v) is 6.96. The van der Waals surface area contributed by atoms with Crippen molar-refractivity contribution in [2.45, 2.75) is 12.5 Å². The Morgan fingerprint density at radius 2 is 2.09 bits per heavy atom. The number of carboxylic acids is 1. The SMILES string of the molecule is COc1ccccc1OCC(=O)N1CCOCC1CC(=O)O. The van der Waals surface area contributed by atoms with E-state index >= 15 is 0 Å². The average Bonchev–Trinajstić information content (AvgIpc) is 2.52. The molecule has 0 spiro atoms. The molecule has 1 atom stereocenters. The molecule has 1 aromatic carbocycles. The fraction of sp³-hybridized carbons (Fsp3) is 0.467. The van der Waals surface area contributed by atoms with E-state index in [9.17, 15) is 9.59 Å². The number of hydrogen-bond donors (Lipinski definition) is 1.